The van der Waals surface area contributed by atoms with Crippen molar-refractivity contribution in [2.24, 2.45) is 11.5 Å². The SMILES string of the molecule is CCn1nc(C)cc1C(=O)Nc1nc2cc(C(N)=O)cc(OC)c2n1C/C=C/Cn1cnc2cc(C(N)=O)ccc21. The number of allylic oxidation sites excluding steroid dienone is 2. The number of nitrogens with one attached hydrogen (secondary N) is 1. The highest BCUT2D eigenvalue weighted by atomic mass is 16.5. The molecule has 41 heavy (non-hydrogen) atoms. The van der Waals surface area contributed by atoms with E-state index in [0.717, 1.165) is 11.2 Å². The highest BCUT2D eigenvalue weighted by Gasteiger charge is 2.21. The van der Waals surface area contributed by atoms with E-state index in [1.165, 1.54) is 7.11 Å². The van der Waals surface area contributed by atoms with Gasteiger partial charge in [-0.1, -0.05) is 12.2 Å². The molecule has 0 bridgehead atoms. The first-order chi connectivity index (χ1) is 19.7. The van der Waals surface area contributed by atoms with Crippen LogP contribution in [0.2, 0.25) is 0 Å². The lowest BCUT2D eigenvalue weighted by Gasteiger charge is -2.11. The summed E-state index contributed by atoms with van der Waals surface area (Å²) in [7, 11) is 1.49. The van der Waals surface area contributed by atoms with Crippen LogP contribution in [0.25, 0.3) is 22.1 Å². The maximum absolute atomic E-state index is 13.3. The van der Waals surface area contributed by atoms with Gasteiger partial charge in [0.05, 0.1) is 35.7 Å². The highest BCUT2D eigenvalue weighted by Crippen LogP contribution is 2.31. The van der Waals surface area contributed by atoms with Crippen molar-refractivity contribution in [1.82, 2.24) is 28.9 Å². The first-order valence-electron chi connectivity index (χ1n) is 12.8. The van der Waals surface area contributed by atoms with Gasteiger partial charge in [-0.25, -0.2) is 9.97 Å². The van der Waals surface area contributed by atoms with E-state index in [1.54, 1.807) is 52.0 Å². The quantitative estimate of drug-likeness (QED) is 0.222. The molecule has 13 nitrogen and oxygen atoms in total. The van der Waals surface area contributed by atoms with Gasteiger partial charge in [-0.05, 0) is 50.2 Å². The Morgan fingerprint density at radius 3 is 2.44 bits per heavy atom. The van der Waals surface area contributed by atoms with Crippen molar-refractivity contribution in [3.8, 4) is 5.75 Å². The Morgan fingerprint density at radius 1 is 1.00 bits per heavy atom. The number of rotatable bonds is 10. The van der Waals surface area contributed by atoms with Crippen molar-refractivity contribution < 1.29 is 19.1 Å². The number of nitrogens with two attached hydrogens (primary N) is 2. The predicted octanol–water partition coefficient (Wildman–Crippen LogP) is 2.63. The van der Waals surface area contributed by atoms with Crippen LogP contribution in [0.5, 0.6) is 5.75 Å². The van der Waals surface area contributed by atoms with Crippen molar-refractivity contribution in [3.05, 3.63) is 77.4 Å². The third-order valence-electron chi connectivity index (χ3n) is 6.63. The predicted molar refractivity (Wildman–Crippen MR) is 153 cm³/mol. The Bertz CT molecular complexity index is 1840. The second-order valence-corrected chi connectivity index (χ2v) is 9.33. The van der Waals surface area contributed by atoms with E-state index in [4.69, 9.17) is 16.2 Å². The highest BCUT2D eigenvalue weighted by molar-refractivity contribution is 6.04. The second kappa shape index (κ2) is 11.0. The molecular formula is C28H29N9O4. The number of aryl methyl sites for hydroxylation is 2. The molecule has 0 fully saturated rings. The molecule has 13 heteroatoms. The molecule has 3 heterocycles. The smallest absolute Gasteiger partial charge is 0.276 e. The van der Waals surface area contributed by atoms with Gasteiger partial charge >= 0.3 is 0 Å². The average Bonchev–Trinajstić information content (AvgIpc) is 3.64. The van der Waals surface area contributed by atoms with Gasteiger partial charge in [-0.3, -0.25) is 24.4 Å². The van der Waals surface area contributed by atoms with Gasteiger partial charge in [-0.2, -0.15) is 5.10 Å². The van der Waals surface area contributed by atoms with Crippen molar-refractivity contribution in [2.45, 2.75) is 33.5 Å². The molecule has 0 atom stereocenters. The van der Waals surface area contributed by atoms with Gasteiger partial charge in [0, 0.05) is 30.8 Å². The van der Waals surface area contributed by atoms with E-state index < -0.39 is 11.8 Å². The van der Waals surface area contributed by atoms with Crippen molar-refractivity contribution >= 4 is 45.7 Å². The van der Waals surface area contributed by atoms with E-state index in [2.05, 4.69) is 20.4 Å². The van der Waals surface area contributed by atoms with Crippen LogP contribution in [0.4, 0.5) is 5.95 Å². The maximum Gasteiger partial charge on any atom is 0.276 e. The van der Waals surface area contributed by atoms with Crippen molar-refractivity contribution in [2.75, 3.05) is 12.4 Å². The zero-order valence-electron chi connectivity index (χ0n) is 22.8. The van der Waals surface area contributed by atoms with Gasteiger partial charge < -0.3 is 25.3 Å². The summed E-state index contributed by atoms with van der Waals surface area (Å²) < 4.78 is 10.9. The van der Waals surface area contributed by atoms with Gasteiger partial charge in [0.1, 0.15) is 17.0 Å². The fraction of sp³-hybridized carbons (Fsp3) is 0.214. The van der Waals surface area contributed by atoms with Crippen LogP contribution in [-0.4, -0.2) is 53.7 Å². The molecule has 0 aliphatic heterocycles. The number of carbonyl (C=O) groups excluding carboxylic acids is 3. The Labute approximate surface area is 234 Å². The maximum atomic E-state index is 13.3. The number of anilines is 1. The van der Waals surface area contributed by atoms with Crippen LogP contribution in [0.1, 0.15) is 43.8 Å². The zero-order valence-corrected chi connectivity index (χ0v) is 22.8. The molecule has 3 amide bonds. The Balaban J connectivity index is 1.47. The molecule has 0 aliphatic carbocycles. The number of hydrogen-bond donors (Lipinski definition) is 3. The molecule has 2 aromatic carbocycles. The summed E-state index contributed by atoms with van der Waals surface area (Å²) >= 11 is 0. The molecule has 5 aromatic rings. The number of nitrogens with zero attached hydrogens (tertiary/aromatic N) is 6. The molecule has 210 valence electrons. The van der Waals surface area contributed by atoms with E-state index in [-0.39, 0.29) is 17.4 Å². The van der Waals surface area contributed by atoms with Gasteiger partial charge in [-0.15, -0.1) is 0 Å². The lowest BCUT2D eigenvalue weighted by Crippen LogP contribution is -2.20. The second-order valence-electron chi connectivity index (χ2n) is 9.33. The minimum absolute atomic E-state index is 0.235. The summed E-state index contributed by atoms with van der Waals surface area (Å²) in [5, 5.41) is 7.24. The average molecular weight is 556 g/mol. The van der Waals surface area contributed by atoms with E-state index in [0.29, 0.717) is 53.2 Å². The number of amides is 3. The number of methoxy groups -OCH3 is 1. The molecule has 0 saturated heterocycles. The molecule has 0 radical (unpaired) electrons. The monoisotopic (exact) mass is 555 g/mol. The molecule has 5 rings (SSSR count). The number of benzene rings is 2. The molecule has 3 aromatic heterocycles. The van der Waals surface area contributed by atoms with E-state index in [1.807, 2.05) is 30.6 Å². The third-order valence-corrected chi connectivity index (χ3v) is 6.63. The molecule has 0 aliphatic rings. The van der Waals surface area contributed by atoms with Crippen molar-refractivity contribution in [3.63, 3.8) is 0 Å². The summed E-state index contributed by atoms with van der Waals surface area (Å²) in [4.78, 5) is 45.6. The number of ether oxygens (including phenoxy) is 1. The number of imidazole rings is 2. The molecule has 0 spiro atoms. The molecular weight excluding hydrogens is 526 g/mol. The van der Waals surface area contributed by atoms with Crippen molar-refractivity contribution in [1.29, 1.82) is 0 Å². The van der Waals surface area contributed by atoms with Gasteiger partial charge in [0.25, 0.3) is 5.91 Å². The Hall–Kier alpha value is -5.46. The van der Waals surface area contributed by atoms with Crippen LogP contribution < -0.4 is 21.5 Å². The summed E-state index contributed by atoms with van der Waals surface area (Å²) in [6.07, 6.45) is 5.55. The zero-order chi connectivity index (χ0) is 29.3. The first-order valence-corrected chi connectivity index (χ1v) is 12.8. The first kappa shape index (κ1) is 27.1. The summed E-state index contributed by atoms with van der Waals surface area (Å²) in [6, 6.07) is 9.94. The summed E-state index contributed by atoms with van der Waals surface area (Å²) in [5.74, 6) is -0.851. The standard InChI is InChI=1S/C28H29N9O4/c1-4-37-22(11-16(2)34-37)27(40)33-28-32-20-13-18(26(30)39)14-23(41-3)24(20)36(28)10-6-5-9-35-15-31-19-12-17(25(29)38)7-8-21(19)35/h5-8,11-15H,4,9-10H2,1-3H3,(H2,29,38)(H2,30,39)(H,32,33,40)/b6-5+. The third kappa shape index (κ3) is 5.24. The summed E-state index contributed by atoms with van der Waals surface area (Å²) in [6.45, 7) is 5.07. The van der Waals surface area contributed by atoms with Crippen LogP contribution in [0.15, 0.2) is 54.9 Å². The fourth-order valence-corrected chi connectivity index (χ4v) is 4.67. The lowest BCUT2D eigenvalue weighted by molar-refractivity contribution is 0.0992. The molecule has 0 unspecified atom stereocenters. The number of aromatic nitrogens is 6. The van der Waals surface area contributed by atoms with Crippen LogP contribution in [0, 0.1) is 6.92 Å². The minimum Gasteiger partial charge on any atom is -0.494 e. The topological polar surface area (TPSA) is 178 Å². The lowest BCUT2D eigenvalue weighted by atomic mass is 10.1. The Morgan fingerprint density at radius 2 is 1.73 bits per heavy atom. The number of fused-ring (bicyclic) bond motifs is 2. The van der Waals surface area contributed by atoms with Crippen LogP contribution in [-0.2, 0) is 19.6 Å². The molecule has 0 saturated carbocycles. The molecule has 5 N–H and O–H groups in total. The normalized spacial score (nSPS) is 11.5. The van der Waals surface area contributed by atoms with E-state index in [9.17, 15) is 14.4 Å². The minimum atomic E-state index is -0.622. The number of carbonyl (C=O) groups is 3. The largest absolute Gasteiger partial charge is 0.494 e. The number of hydrogen-bond acceptors (Lipinski definition) is 7. The Kier molecular flexibility index (Phi) is 7.25. The van der Waals surface area contributed by atoms with E-state index >= 15 is 0 Å². The fourth-order valence-electron chi connectivity index (χ4n) is 4.67. The van der Waals surface area contributed by atoms with Crippen LogP contribution in [0.3, 0.4) is 0 Å². The van der Waals surface area contributed by atoms with Gasteiger partial charge in [0.2, 0.25) is 17.8 Å². The van der Waals surface area contributed by atoms with Gasteiger partial charge in [0.15, 0.2) is 0 Å². The number of primary amides is 2. The van der Waals surface area contributed by atoms with Crippen LogP contribution >= 0.6 is 0 Å². The summed E-state index contributed by atoms with van der Waals surface area (Å²) in [5.41, 5.74) is 15.2.